The van der Waals surface area contributed by atoms with Crippen molar-refractivity contribution in [2.75, 3.05) is 22.9 Å². The predicted octanol–water partition coefficient (Wildman–Crippen LogP) is 1.90. The predicted molar refractivity (Wildman–Crippen MR) is 111 cm³/mol. The van der Waals surface area contributed by atoms with Crippen LogP contribution in [0.4, 0.5) is 15.8 Å². The van der Waals surface area contributed by atoms with Crippen LogP contribution in [0.2, 0.25) is 0 Å². The van der Waals surface area contributed by atoms with Crippen molar-refractivity contribution in [2.45, 2.75) is 24.8 Å². The van der Waals surface area contributed by atoms with Gasteiger partial charge in [0.25, 0.3) is 0 Å². The zero-order chi connectivity index (χ0) is 22.5. The molecule has 0 aliphatic carbocycles. The highest BCUT2D eigenvalue weighted by Gasteiger charge is 2.24. The van der Waals surface area contributed by atoms with Crippen molar-refractivity contribution in [2.24, 2.45) is 0 Å². The molecule has 3 N–H and O–H groups in total. The lowest BCUT2D eigenvalue weighted by Gasteiger charge is -2.16. The Balaban J connectivity index is 2.14. The standard InChI is InChI=1S/C18H22FN3O6S2/c1-4-29(24,25)22-15-10-9-13(11-16(15)28-3)20-18(23)12(2)21-30(26,27)17-8-6-5-7-14(17)19/h5-12,21-22H,4H2,1-3H3,(H,20,23)/t12-/m0/s1. The highest BCUT2D eigenvalue weighted by Crippen LogP contribution is 2.29. The molecule has 164 valence electrons. The molecule has 2 aromatic carbocycles. The fourth-order valence-corrected chi connectivity index (χ4v) is 4.29. The number of rotatable bonds is 9. The number of carbonyl (C=O) groups excluding carboxylic acids is 1. The molecule has 0 saturated heterocycles. The zero-order valence-corrected chi connectivity index (χ0v) is 18.1. The summed E-state index contributed by atoms with van der Waals surface area (Å²) in [5.41, 5.74) is 0.430. The Kier molecular flexibility index (Phi) is 7.39. The molecule has 0 radical (unpaired) electrons. The van der Waals surface area contributed by atoms with Gasteiger partial charge in [-0.25, -0.2) is 21.2 Å². The quantitative estimate of drug-likeness (QED) is 0.525. The lowest BCUT2D eigenvalue weighted by atomic mass is 10.2. The van der Waals surface area contributed by atoms with Crippen LogP contribution in [0.5, 0.6) is 5.75 Å². The second-order valence-corrected chi connectivity index (χ2v) is 9.88. The number of hydrogen-bond donors (Lipinski definition) is 3. The Hall–Kier alpha value is -2.70. The maximum Gasteiger partial charge on any atom is 0.244 e. The molecule has 1 amide bonds. The number of carbonyl (C=O) groups is 1. The molecule has 0 heterocycles. The molecule has 9 nitrogen and oxygen atoms in total. The van der Waals surface area contributed by atoms with E-state index in [0.29, 0.717) is 0 Å². The third-order valence-corrected chi connectivity index (χ3v) is 6.83. The average Bonchev–Trinajstić information content (AvgIpc) is 2.68. The minimum Gasteiger partial charge on any atom is -0.494 e. The van der Waals surface area contributed by atoms with Gasteiger partial charge in [0, 0.05) is 11.8 Å². The normalized spacial score (nSPS) is 12.8. The molecular formula is C18H22FN3O6S2. The lowest BCUT2D eigenvalue weighted by molar-refractivity contribution is -0.117. The average molecular weight is 460 g/mol. The molecule has 0 fully saturated rings. The Labute approximate surface area is 174 Å². The van der Waals surface area contributed by atoms with Gasteiger partial charge in [0.2, 0.25) is 26.0 Å². The van der Waals surface area contributed by atoms with Gasteiger partial charge in [-0.3, -0.25) is 9.52 Å². The van der Waals surface area contributed by atoms with Gasteiger partial charge < -0.3 is 10.1 Å². The molecular weight excluding hydrogens is 437 g/mol. The number of amides is 1. The van der Waals surface area contributed by atoms with Crippen LogP contribution in [-0.2, 0) is 24.8 Å². The Morgan fingerprint density at radius 1 is 1.13 bits per heavy atom. The lowest BCUT2D eigenvalue weighted by Crippen LogP contribution is -2.41. The molecule has 2 aromatic rings. The van der Waals surface area contributed by atoms with Gasteiger partial charge >= 0.3 is 0 Å². The molecule has 0 aliphatic heterocycles. The Morgan fingerprint density at radius 3 is 2.40 bits per heavy atom. The van der Waals surface area contributed by atoms with Gasteiger partial charge in [-0.15, -0.1) is 0 Å². The summed E-state index contributed by atoms with van der Waals surface area (Å²) in [6, 6.07) is 7.78. The molecule has 0 spiro atoms. The number of sulfonamides is 2. The molecule has 0 aromatic heterocycles. The van der Waals surface area contributed by atoms with E-state index in [0.717, 1.165) is 12.1 Å². The van der Waals surface area contributed by atoms with Gasteiger partial charge in [0.1, 0.15) is 16.5 Å². The topological polar surface area (TPSA) is 131 Å². The van der Waals surface area contributed by atoms with Crippen LogP contribution >= 0.6 is 0 Å². The molecule has 30 heavy (non-hydrogen) atoms. The van der Waals surface area contributed by atoms with Crippen LogP contribution in [0.1, 0.15) is 13.8 Å². The number of benzene rings is 2. The maximum absolute atomic E-state index is 13.8. The van der Waals surface area contributed by atoms with Crippen LogP contribution < -0.4 is 19.5 Å². The highest BCUT2D eigenvalue weighted by atomic mass is 32.2. The van der Waals surface area contributed by atoms with Crippen LogP contribution in [0.15, 0.2) is 47.4 Å². The maximum atomic E-state index is 13.8. The number of ether oxygens (including phenoxy) is 1. The Morgan fingerprint density at radius 2 is 1.80 bits per heavy atom. The number of hydrogen-bond acceptors (Lipinski definition) is 6. The van der Waals surface area contributed by atoms with E-state index in [9.17, 15) is 26.0 Å². The van der Waals surface area contributed by atoms with E-state index >= 15 is 0 Å². The van der Waals surface area contributed by atoms with Gasteiger partial charge in [-0.2, -0.15) is 4.72 Å². The minimum atomic E-state index is -4.26. The van der Waals surface area contributed by atoms with Crippen LogP contribution in [0.25, 0.3) is 0 Å². The first kappa shape index (κ1) is 23.6. The van der Waals surface area contributed by atoms with E-state index in [-0.39, 0.29) is 22.9 Å². The monoisotopic (exact) mass is 459 g/mol. The summed E-state index contributed by atoms with van der Waals surface area (Å²) in [7, 11) is -6.46. The largest absolute Gasteiger partial charge is 0.494 e. The van der Waals surface area contributed by atoms with E-state index < -0.39 is 42.7 Å². The second-order valence-electron chi connectivity index (χ2n) is 6.18. The van der Waals surface area contributed by atoms with Crippen LogP contribution in [-0.4, -0.2) is 41.6 Å². The van der Waals surface area contributed by atoms with Gasteiger partial charge in [-0.1, -0.05) is 12.1 Å². The summed E-state index contributed by atoms with van der Waals surface area (Å²) in [6.45, 7) is 2.78. The highest BCUT2D eigenvalue weighted by molar-refractivity contribution is 7.92. The first-order valence-corrected chi connectivity index (χ1v) is 11.9. The van der Waals surface area contributed by atoms with Crippen LogP contribution in [0.3, 0.4) is 0 Å². The van der Waals surface area contributed by atoms with E-state index in [1.54, 1.807) is 0 Å². The van der Waals surface area contributed by atoms with Crippen molar-refractivity contribution in [1.82, 2.24) is 4.72 Å². The number of anilines is 2. The molecule has 0 unspecified atom stereocenters. The summed E-state index contributed by atoms with van der Waals surface area (Å²) in [5, 5.41) is 2.49. The summed E-state index contributed by atoms with van der Waals surface area (Å²) in [5.74, 6) is -1.62. The summed E-state index contributed by atoms with van der Waals surface area (Å²) in [6.07, 6.45) is 0. The smallest absolute Gasteiger partial charge is 0.244 e. The fourth-order valence-electron chi connectivity index (χ4n) is 2.36. The molecule has 0 bridgehead atoms. The third-order valence-electron chi connectivity index (χ3n) is 3.97. The van der Waals surface area contributed by atoms with Gasteiger partial charge in [-0.05, 0) is 38.1 Å². The molecule has 1 atom stereocenters. The van der Waals surface area contributed by atoms with E-state index in [2.05, 4.69) is 14.8 Å². The van der Waals surface area contributed by atoms with Crippen molar-refractivity contribution < 1.29 is 30.8 Å². The Bertz CT molecular complexity index is 1140. The number of nitrogens with one attached hydrogen (secondary N) is 3. The summed E-state index contributed by atoms with van der Waals surface area (Å²) >= 11 is 0. The van der Waals surface area contributed by atoms with E-state index in [1.807, 2.05) is 0 Å². The van der Waals surface area contributed by atoms with Crippen molar-refractivity contribution in [3.63, 3.8) is 0 Å². The summed E-state index contributed by atoms with van der Waals surface area (Å²) in [4.78, 5) is 11.8. The van der Waals surface area contributed by atoms with Crippen molar-refractivity contribution >= 4 is 37.3 Å². The first-order valence-electron chi connectivity index (χ1n) is 8.75. The third kappa shape index (κ3) is 5.90. The first-order chi connectivity index (χ1) is 14.0. The van der Waals surface area contributed by atoms with Crippen LogP contribution in [0, 0.1) is 5.82 Å². The minimum absolute atomic E-state index is 0.131. The van der Waals surface area contributed by atoms with Crippen molar-refractivity contribution in [3.8, 4) is 5.75 Å². The molecule has 0 aliphatic rings. The van der Waals surface area contributed by atoms with E-state index in [4.69, 9.17) is 4.74 Å². The number of methoxy groups -OCH3 is 1. The molecule has 2 rings (SSSR count). The van der Waals surface area contributed by atoms with Gasteiger partial charge in [0.05, 0.1) is 24.6 Å². The molecule has 0 saturated carbocycles. The van der Waals surface area contributed by atoms with Crippen molar-refractivity contribution in [1.29, 1.82) is 0 Å². The summed E-state index contributed by atoms with van der Waals surface area (Å²) < 4.78 is 71.5. The van der Waals surface area contributed by atoms with Crippen molar-refractivity contribution in [3.05, 3.63) is 48.3 Å². The van der Waals surface area contributed by atoms with Gasteiger partial charge in [0.15, 0.2) is 0 Å². The molecule has 12 heteroatoms. The second kappa shape index (κ2) is 9.41. The fraction of sp³-hybridized carbons (Fsp3) is 0.278. The number of halogens is 1. The SMILES string of the molecule is CCS(=O)(=O)Nc1ccc(NC(=O)[C@H](C)NS(=O)(=O)c2ccccc2F)cc1OC. The zero-order valence-electron chi connectivity index (χ0n) is 16.5. The van der Waals surface area contributed by atoms with E-state index in [1.165, 1.54) is 51.3 Å².